The summed E-state index contributed by atoms with van der Waals surface area (Å²) in [6, 6.07) is 11.5. The summed E-state index contributed by atoms with van der Waals surface area (Å²) in [5.41, 5.74) is 0.825. The van der Waals surface area contributed by atoms with Crippen LogP contribution in [0.3, 0.4) is 0 Å². The summed E-state index contributed by atoms with van der Waals surface area (Å²) in [5, 5.41) is 11.5. The van der Waals surface area contributed by atoms with E-state index in [9.17, 15) is 9.59 Å². The summed E-state index contributed by atoms with van der Waals surface area (Å²) < 4.78 is 10.3. The average molecular weight is 303 g/mol. The first-order valence-corrected chi connectivity index (χ1v) is 6.80. The number of furan rings is 1. The van der Waals surface area contributed by atoms with E-state index in [1.807, 2.05) is 30.3 Å². The highest BCUT2D eigenvalue weighted by atomic mass is 16.5. The van der Waals surface area contributed by atoms with Gasteiger partial charge in [0, 0.05) is 6.42 Å². The second kappa shape index (κ2) is 7.31. The highest BCUT2D eigenvalue weighted by Gasteiger charge is 2.22. The van der Waals surface area contributed by atoms with Crippen LogP contribution in [0, 0.1) is 6.92 Å². The van der Waals surface area contributed by atoms with Gasteiger partial charge in [-0.25, -0.2) is 9.59 Å². The molecule has 2 rings (SSSR count). The van der Waals surface area contributed by atoms with Crippen molar-refractivity contribution < 1.29 is 23.8 Å². The Kier molecular flexibility index (Phi) is 5.19. The van der Waals surface area contributed by atoms with E-state index >= 15 is 0 Å². The van der Waals surface area contributed by atoms with Crippen molar-refractivity contribution in [1.82, 2.24) is 5.32 Å². The zero-order valence-electron chi connectivity index (χ0n) is 12.1. The minimum absolute atomic E-state index is 0.0591. The van der Waals surface area contributed by atoms with E-state index in [-0.39, 0.29) is 13.0 Å². The van der Waals surface area contributed by atoms with E-state index < -0.39 is 18.1 Å². The van der Waals surface area contributed by atoms with E-state index in [1.165, 1.54) is 0 Å². The Bertz CT molecular complexity index is 635. The molecular weight excluding hydrogens is 286 g/mol. The molecule has 2 N–H and O–H groups in total. The van der Waals surface area contributed by atoms with Gasteiger partial charge < -0.3 is 19.6 Å². The second-order valence-corrected chi connectivity index (χ2v) is 4.81. The Labute approximate surface area is 127 Å². The Morgan fingerprint density at radius 3 is 2.55 bits per heavy atom. The van der Waals surface area contributed by atoms with Crippen molar-refractivity contribution in [3.63, 3.8) is 0 Å². The lowest BCUT2D eigenvalue weighted by molar-refractivity contribution is -0.139. The van der Waals surface area contributed by atoms with Crippen LogP contribution in [-0.4, -0.2) is 23.2 Å². The van der Waals surface area contributed by atoms with Crippen molar-refractivity contribution in [2.45, 2.75) is 26.0 Å². The zero-order chi connectivity index (χ0) is 15.9. The van der Waals surface area contributed by atoms with Gasteiger partial charge in [-0.05, 0) is 24.6 Å². The molecule has 0 aliphatic carbocycles. The van der Waals surface area contributed by atoms with Crippen molar-refractivity contribution in [1.29, 1.82) is 0 Å². The fraction of sp³-hybridized carbons (Fsp3) is 0.250. The number of alkyl carbamates (subject to hydrolysis) is 1. The van der Waals surface area contributed by atoms with E-state index in [0.29, 0.717) is 11.5 Å². The third kappa shape index (κ3) is 4.66. The maximum atomic E-state index is 11.7. The fourth-order valence-electron chi connectivity index (χ4n) is 1.90. The highest BCUT2D eigenvalue weighted by Crippen LogP contribution is 2.09. The van der Waals surface area contributed by atoms with Crippen molar-refractivity contribution in [3.05, 3.63) is 59.5 Å². The Morgan fingerprint density at radius 2 is 1.95 bits per heavy atom. The van der Waals surface area contributed by atoms with Crippen molar-refractivity contribution in [3.8, 4) is 0 Å². The minimum Gasteiger partial charge on any atom is -0.480 e. The minimum atomic E-state index is -1.15. The number of hydrogen-bond donors (Lipinski definition) is 2. The molecule has 0 saturated heterocycles. The van der Waals surface area contributed by atoms with E-state index in [0.717, 1.165) is 5.56 Å². The molecule has 6 nitrogen and oxygen atoms in total. The molecule has 1 atom stereocenters. The lowest BCUT2D eigenvalue weighted by Crippen LogP contribution is -2.42. The summed E-state index contributed by atoms with van der Waals surface area (Å²) in [7, 11) is 0. The SMILES string of the molecule is Cc1ccc(CC(NC(=O)OCc2ccccc2)C(=O)O)o1. The smallest absolute Gasteiger partial charge is 0.408 e. The van der Waals surface area contributed by atoms with Gasteiger partial charge in [-0.2, -0.15) is 0 Å². The number of ether oxygens (including phenoxy) is 1. The number of carbonyl (C=O) groups excluding carboxylic acids is 1. The van der Waals surface area contributed by atoms with Gasteiger partial charge in [0.2, 0.25) is 0 Å². The van der Waals surface area contributed by atoms with E-state index in [2.05, 4.69) is 5.32 Å². The molecule has 1 unspecified atom stereocenters. The molecule has 0 fully saturated rings. The number of hydrogen-bond acceptors (Lipinski definition) is 4. The van der Waals surface area contributed by atoms with Crippen LogP contribution in [0.4, 0.5) is 4.79 Å². The lowest BCUT2D eigenvalue weighted by Gasteiger charge is -2.13. The van der Waals surface area contributed by atoms with Crippen LogP contribution in [-0.2, 0) is 22.6 Å². The first kappa shape index (κ1) is 15.6. The number of rotatable bonds is 6. The third-order valence-corrected chi connectivity index (χ3v) is 3.00. The van der Waals surface area contributed by atoms with Crippen LogP contribution in [0.25, 0.3) is 0 Å². The molecular formula is C16H17NO5. The number of carbonyl (C=O) groups is 2. The molecule has 0 spiro atoms. The molecule has 0 radical (unpaired) electrons. The number of aryl methyl sites for hydroxylation is 1. The quantitative estimate of drug-likeness (QED) is 0.856. The third-order valence-electron chi connectivity index (χ3n) is 3.00. The van der Waals surface area contributed by atoms with Crippen LogP contribution in [0.2, 0.25) is 0 Å². The first-order chi connectivity index (χ1) is 10.5. The van der Waals surface area contributed by atoms with Gasteiger partial charge in [0.15, 0.2) is 0 Å². The van der Waals surface area contributed by atoms with Crippen LogP contribution < -0.4 is 5.32 Å². The van der Waals surface area contributed by atoms with Crippen molar-refractivity contribution in [2.24, 2.45) is 0 Å². The second-order valence-electron chi connectivity index (χ2n) is 4.81. The largest absolute Gasteiger partial charge is 0.480 e. The summed E-state index contributed by atoms with van der Waals surface area (Å²) in [5.74, 6) is 0.0322. The van der Waals surface area contributed by atoms with E-state index in [4.69, 9.17) is 14.3 Å². The molecule has 0 saturated carbocycles. The van der Waals surface area contributed by atoms with Crippen LogP contribution in [0.5, 0.6) is 0 Å². The number of nitrogens with one attached hydrogen (secondary N) is 1. The van der Waals surface area contributed by atoms with Gasteiger partial charge in [-0.3, -0.25) is 0 Å². The number of amides is 1. The van der Waals surface area contributed by atoms with Gasteiger partial charge in [0.05, 0.1) is 0 Å². The van der Waals surface area contributed by atoms with Crippen LogP contribution in [0.15, 0.2) is 46.9 Å². The number of carboxylic acid groups (broad SMARTS) is 1. The Balaban J connectivity index is 1.87. The average Bonchev–Trinajstić information content (AvgIpc) is 2.91. The standard InChI is InChI=1S/C16H17NO5/c1-11-7-8-13(22-11)9-14(15(18)19)17-16(20)21-10-12-5-3-2-4-6-12/h2-8,14H,9-10H2,1H3,(H,17,20)(H,18,19). The van der Waals surface area contributed by atoms with Crippen molar-refractivity contribution >= 4 is 12.1 Å². The predicted molar refractivity (Wildman–Crippen MR) is 78.3 cm³/mol. The fourth-order valence-corrected chi connectivity index (χ4v) is 1.90. The molecule has 1 aromatic carbocycles. The number of aliphatic carboxylic acids is 1. The summed E-state index contributed by atoms with van der Waals surface area (Å²) in [6.07, 6.45) is -0.719. The molecule has 1 amide bonds. The molecule has 22 heavy (non-hydrogen) atoms. The molecule has 2 aromatic rings. The first-order valence-electron chi connectivity index (χ1n) is 6.80. The molecule has 116 valence electrons. The van der Waals surface area contributed by atoms with Gasteiger partial charge >= 0.3 is 12.1 Å². The molecule has 1 heterocycles. The highest BCUT2D eigenvalue weighted by molar-refractivity contribution is 5.80. The Hall–Kier alpha value is -2.76. The number of carboxylic acids is 1. The molecule has 0 aliphatic rings. The Morgan fingerprint density at radius 1 is 1.23 bits per heavy atom. The van der Waals surface area contributed by atoms with Crippen molar-refractivity contribution in [2.75, 3.05) is 0 Å². The van der Waals surface area contributed by atoms with E-state index in [1.54, 1.807) is 19.1 Å². The van der Waals surface area contributed by atoms with Crippen LogP contribution in [0.1, 0.15) is 17.1 Å². The zero-order valence-corrected chi connectivity index (χ0v) is 12.1. The van der Waals surface area contributed by atoms with Gasteiger partial charge in [0.1, 0.15) is 24.2 Å². The van der Waals surface area contributed by atoms with Gasteiger partial charge in [0.25, 0.3) is 0 Å². The maximum Gasteiger partial charge on any atom is 0.408 e. The summed E-state index contributed by atoms with van der Waals surface area (Å²) in [4.78, 5) is 22.9. The molecule has 1 aromatic heterocycles. The van der Waals surface area contributed by atoms with Crippen LogP contribution >= 0.6 is 0 Å². The normalized spacial score (nSPS) is 11.7. The molecule has 0 bridgehead atoms. The summed E-state index contributed by atoms with van der Waals surface area (Å²) in [6.45, 7) is 1.85. The molecule has 6 heteroatoms. The predicted octanol–water partition coefficient (Wildman–Crippen LogP) is 2.51. The lowest BCUT2D eigenvalue weighted by atomic mass is 10.2. The monoisotopic (exact) mass is 303 g/mol. The summed E-state index contributed by atoms with van der Waals surface area (Å²) >= 11 is 0. The van der Waals surface area contributed by atoms with Gasteiger partial charge in [-0.15, -0.1) is 0 Å². The topological polar surface area (TPSA) is 88.8 Å². The maximum absolute atomic E-state index is 11.7. The van der Waals surface area contributed by atoms with Gasteiger partial charge in [-0.1, -0.05) is 30.3 Å². The number of benzene rings is 1. The molecule has 0 aliphatic heterocycles.